The third-order valence-electron chi connectivity index (χ3n) is 3.91. The first-order chi connectivity index (χ1) is 7.64. The summed E-state index contributed by atoms with van der Waals surface area (Å²) in [4.78, 5) is 11.7. The second kappa shape index (κ2) is 4.72. The van der Waals surface area contributed by atoms with Crippen molar-refractivity contribution in [2.75, 3.05) is 13.2 Å². The first kappa shape index (κ1) is 11.9. The number of carbonyl (C=O) groups excluding carboxylic acids is 1. The van der Waals surface area contributed by atoms with Gasteiger partial charge in [-0.2, -0.15) is 0 Å². The van der Waals surface area contributed by atoms with E-state index in [9.17, 15) is 9.90 Å². The number of aliphatic hydroxyl groups excluding tert-OH is 1. The standard InChI is InChI=1S/C12H22N2O2/c1-12(8-15)6-2-3-10(12)14-11(16)7-13-9-4-5-9/h9-10,13,15H,2-8H2,1H3,(H,14,16). The van der Waals surface area contributed by atoms with Gasteiger partial charge in [0.15, 0.2) is 0 Å². The van der Waals surface area contributed by atoms with Crippen molar-refractivity contribution in [1.29, 1.82) is 0 Å². The van der Waals surface area contributed by atoms with Gasteiger partial charge in [-0.3, -0.25) is 4.79 Å². The van der Waals surface area contributed by atoms with Crippen LogP contribution < -0.4 is 10.6 Å². The van der Waals surface area contributed by atoms with Gasteiger partial charge in [0.05, 0.1) is 13.2 Å². The van der Waals surface area contributed by atoms with Gasteiger partial charge in [0, 0.05) is 17.5 Å². The van der Waals surface area contributed by atoms with Crippen molar-refractivity contribution in [3.63, 3.8) is 0 Å². The van der Waals surface area contributed by atoms with Gasteiger partial charge in [-0.1, -0.05) is 13.3 Å². The monoisotopic (exact) mass is 226 g/mol. The van der Waals surface area contributed by atoms with Crippen LogP contribution >= 0.6 is 0 Å². The Bertz CT molecular complexity index is 266. The van der Waals surface area contributed by atoms with Crippen LogP contribution in [0.15, 0.2) is 0 Å². The molecule has 1 amide bonds. The molecule has 4 nitrogen and oxygen atoms in total. The molecule has 0 spiro atoms. The molecule has 0 bridgehead atoms. The van der Waals surface area contributed by atoms with Crippen molar-refractivity contribution in [1.82, 2.24) is 10.6 Å². The van der Waals surface area contributed by atoms with Crippen LogP contribution in [0.25, 0.3) is 0 Å². The quantitative estimate of drug-likeness (QED) is 0.636. The third-order valence-corrected chi connectivity index (χ3v) is 3.91. The lowest BCUT2D eigenvalue weighted by Crippen LogP contribution is -2.47. The van der Waals surface area contributed by atoms with E-state index in [1.807, 2.05) is 0 Å². The van der Waals surface area contributed by atoms with Crippen molar-refractivity contribution < 1.29 is 9.90 Å². The summed E-state index contributed by atoms with van der Waals surface area (Å²) < 4.78 is 0. The summed E-state index contributed by atoms with van der Waals surface area (Å²) in [6, 6.07) is 0.713. The number of carbonyl (C=O) groups is 1. The Kier molecular flexibility index (Phi) is 3.50. The highest BCUT2D eigenvalue weighted by atomic mass is 16.3. The number of nitrogens with one attached hydrogen (secondary N) is 2. The van der Waals surface area contributed by atoms with E-state index in [1.165, 1.54) is 12.8 Å². The first-order valence-corrected chi connectivity index (χ1v) is 6.28. The fourth-order valence-corrected chi connectivity index (χ4v) is 2.44. The molecule has 0 saturated heterocycles. The number of hydrogen-bond acceptors (Lipinski definition) is 3. The zero-order valence-corrected chi connectivity index (χ0v) is 9.96. The SMILES string of the molecule is CC1(CO)CCCC1NC(=O)CNC1CC1. The van der Waals surface area contributed by atoms with Gasteiger partial charge in [-0.05, 0) is 25.7 Å². The first-order valence-electron chi connectivity index (χ1n) is 6.28. The van der Waals surface area contributed by atoms with Crippen molar-refractivity contribution in [3.05, 3.63) is 0 Å². The van der Waals surface area contributed by atoms with Crippen LogP contribution in [-0.4, -0.2) is 36.2 Å². The third kappa shape index (κ3) is 2.74. The summed E-state index contributed by atoms with van der Waals surface area (Å²) >= 11 is 0. The second-order valence-corrected chi connectivity index (χ2v) is 5.48. The Morgan fingerprint density at radius 2 is 2.19 bits per heavy atom. The van der Waals surface area contributed by atoms with E-state index in [1.54, 1.807) is 0 Å². The maximum absolute atomic E-state index is 11.7. The van der Waals surface area contributed by atoms with Gasteiger partial charge in [-0.15, -0.1) is 0 Å². The molecule has 0 radical (unpaired) electrons. The van der Waals surface area contributed by atoms with Crippen LogP contribution in [0.5, 0.6) is 0 Å². The lowest BCUT2D eigenvalue weighted by Gasteiger charge is -2.30. The molecule has 2 aliphatic carbocycles. The van der Waals surface area contributed by atoms with E-state index in [2.05, 4.69) is 17.6 Å². The van der Waals surface area contributed by atoms with Crippen LogP contribution in [0.3, 0.4) is 0 Å². The topological polar surface area (TPSA) is 61.4 Å². The van der Waals surface area contributed by atoms with Crippen molar-refractivity contribution in [3.8, 4) is 0 Å². The average Bonchev–Trinajstić information content (AvgIpc) is 3.03. The Labute approximate surface area is 96.8 Å². The molecule has 16 heavy (non-hydrogen) atoms. The summed E-state index contributed by atoms with van der Waals surface area (Å²) in [7, 11) is 0. The largest absolute Gasteiger partial charge is 0.396 e. The highest BCUT2D eigenvalue weighted by Crippen LogP contribution is 2.37. The van der Waals surface area contributed by atoms with Gasteiger partial charge >= 0.3 is 0 Å². The molecule has 92 valence electrons. The molecule has 0 aromatic heterocycles. The molecule has 2 fully saturated rings. The molecule has 0 aromatic carbocycles. The van der Waals surface area contributed by atoms with E-state index in [0.717, 1.165) is 19.3 Å². The van der Waals surface area contributed by atoms with Crippen LogP contribution in [0, 0.1) is 5.41 Å². The molecule has 0 aliphatic heterocycles. The van der Waals surface area contributed by atoms with E-state index in [-0.39, 0.29) is 24.0 Å². The lowest BCUT2D eigenvalue weighted by atomic mass is 9.86. The van der Waals surface area contributed by atoms with Crippen LogP contribution in [0.1, 0.15) is 39.0 Å². The molecule has 2 unspecified atom stereocenters. The summed E-state index contributed by atoms with van der Waals surface area (Å²) in [6.07, 6.45) is 5.49. The number of amides is 1. The Balaban J connectivity index is 1.76. The van der Waals surface area contributed by atoms with Crippen LogP contribution in [0.2, 0.25) is 0 Å². The van der Waals surface area contributed by atoms with Gasteiger partial charge in [-0.25, -0.2) is 0 Å². The molecule has 0 aromatic rings. The summed E-state index contributed by atoms with van der Waals surface area (Å²) in [5.41, 5.74) is -0.116. The second-order valence-electron chi connectivity index (χ2n) is 5.48. The van der Waals surface area contributed by atoms with Gasteiger partial charge < -0.3 is 15.7 Å². The summed E-state index contributed by atoms with van der Waals surface area (Å²) in [6.45, 7) is 2.63. The average molecular weight is 226 g/mol. The minimum Gasteiger partial charge on any atom is -0.396 e. The van der Waals surface area contributed by atoms with E-state index >= 15 is 0 Å². The maximum Gasteiger partial charge on any atom is 0.234 e. The molecule has 2 atom stereocenters. The molecular formula is C12H22N2O2. The van der Waals surface area contributed by atoms with Gasteiger partial charge in [0.2, 0.25) is 5.91 Å². The molecule has 3 N–H and O–H groups in total. The maximum atomic E-state index is 11.7. The summed E-state index contributed by atoms with van der Waals surface area (Å²) in [5.74, 6) is 0.0680. The number of hydrogen-bond donors (Lipinski definition) is 3. The Hall–Kier alpha value is -0.610. The highest BCUT2D eigenvalue weighted by Gasteiger charge is 2.39. The predicted molar refractivity (Wildman–Crippen MR) is 62.0 cm³/mol. The zero-order valence-electron chi connectivity index (χ0n) is 9.96. The van der Waals surface area contributed by atoms with E-state index < -0.39 is 0 Å². The van der Waals surface area contributed by atoms with Gasteiger partial charge in [0.25, 0.3) is 0 Å². The smallest absolute Gasteiger partial charge is 0.234 e. The predicted octanol–water partition coefficient (Wildman–Crippen LogP) is 0.406. The van der Waals surface area contributed by atoms with Crippen molar-refractivity contribution in [2.24, 2.45) is 5.41 Å². The Morgan fingerprint density at radius 1 is 1.44 bits per heavy atom. The van der Waals surface area contributed by atoms with Crippen LogP contribution in [-0.2, 0) is 4.79 Å². The number of rotatable bonds is 5. The van der Waals surface area contributed by atoms with Crippen molar-refractivity contribution >= 4 is 5.91 Å². The highest BCUT2D eigenvalue weighted by molar-refractivity contribution is 5.78. The molecular weight excluding hydrogens is 204 g/mol. The molecule has 0 heterocycles. The Morgan fingerprint density at radius 3 is 2.81 bits per heavy atom. The van der Waals surface area contributed by atoms with E-state index in [0.29, 0.717) is 12.6 Å². The van der Waals surface area contributed by atoms with E-state index in [4.69, 9.17) is 0 Å². The molecule has 2 saturated carbocycles. The van der Waals surface area contributed by atoms with Crippen LogP contribution in [0.4, 0.5) is 0 Å². The normalized spacial score (nSPS) is 34.0. The van der Waals surface area contributed by atoms with Crippen molar-refractivity contribution in [2.45, 2.75) is 51.1 Å². The zero-order chi connectivity index (χ0) is 11.6. The lowest BCUT2D eigenvalue weighted by molar-refractivity contribution is -0.121. The van der Waals surface area contributed by atoms with Gasteiger partial charge in [0.1, 0.15) is 0 Å². The minimum absolute atomic E-state index is 0.0680. The molecule has 2 rings (SSSR count). The fraction of sp³-hybridized carbons (Fsp3) is 0.917. The fourth-order valence-electron chi connectivity index (χ4n) is 2.44. The summed E-state index contributed by atoms with van der Waals surface area (Å²) in [5, 5.41) is 15.6. The minimum atomic E-state index is -0.116. The molecule has 2 aliphatic rings. The number of aliphatic hydroxyl groups is 1. The molecule has 4 heteroatoms.